The van der Waals surface area contributed by atoms with E-state index in [2.05, 4.69) is 19.7 Å². The highest BCUT2D eigenvalue weighted by Gasteiger charge is 2.17. The van der Waals surface area contributed by atoms with Gasteiger partial charge in [-0.15, -0.1) is 0 Å². The third kappa shape index (κ3) is 1.43. The Kier molecular flexibility index (Phi) is 2.13. The largest absolute Gasteiger partial charge is 0.464 e. The molecule has 15 heavy (non-hydrogen) atoms. The van der Waals surface area contributed by atoms with E-state index in [9.17, 15) is 4.79 Å². The summed E-state index contributed by atoms with van der Waals surface area (Å²) < 4.78 is 5.99. The normalized spacial score (nSPS) is 10.2. The van der Waals surface area contributed by atoms with Crippen LogP contribution in [0.4, 0.5) is 5.82 Å². The van der Waals surface area contributed by atoms with Crippen molar-refractivity contribution in [3.8, 4) is 5.95 Å². The lowest BCUT2D eigenvalue weighted by molar-refractivity contribution is 0.0596. The average Bonchev–Trinajstić information content (AvgIpc) is 2.85. The molecular weight excluding hydrogens is 198 g/mol. The molecule has 2 aromatic rings. The van der Waals surface area contributed by atoms with Crippen LogP contribution >= 0.6 is 0 Å². The van der Waals surface area contributed by atoms with Crippen LogP contribution in [-0.4, -0.2) is 32.6 Å². The molecule has 0 amide bonds. The molecule has 0 saturated heterocycles. The van der Waals surface area contributed by atoms with Gasteiger partial charge in [-0.25, -0.2) is 14.8 Å². The number of carbonyl (C=O) groups is 1. The molecule has 0 radical (unpaired) electrons. The predicted molar refractivity (Wildman–Crippen MR) is 51.5 cm³/mol. The number of anilines is 1. The molecule has 7 heteroatoms. The van der Waals surface area contributed by atoms with Crippen molar-refractivity contribution in [1.82, 2.24) is 19.5 Å². The molecule has 0 aliphatic rings. The number of rotatable bonds is 2. The minimum absolute atomic E-state index is 0.0777. The SMILES string of the molecule is COC(=O)c1ncn(-c2ncc[nH]2)c1N. The highest BCUT2D eigenvalue weighted by molar-refractivity contribution is 5.92. The highest BCUT2D eigenvalue weighted by atomic mass is 16.5. The van der Waals surface area contributed by atoms with Crippen molar-refractivity contribution in [3.63, 3.8) is 0 Å². The Morgan fingerprint density at radius 2 is 2.40 bits per heavy atom. The zero-order valence-electron chi connectivity index (χ0n) is 7.97. The molecule has 0 aliphatic carbocycles. The standard InChI is InChI=1S/C8H9N5O2/c1-15-7(14)5-6(9)13(4-12-5)8-10-2-3-11-8/h2-4H,9H2,1H3,(H,10,11). The van der Waals surface area contributed by atoms with E-state index >= 15 is 0 Å². The van der Waals surface area contributed by atoms with Crippen molar-refractivity contribution in [2.45, 2.75) is 0 Å². The number of nitrogens with two attached hydrogens (primary N) is 1. The van der Waals surface area contributed by atoms with Crippen molar-refractivity contribution in [3.05, 3.63) is 24.4 Å². The fraction of sp³-hybridized carbons (Fsp3) is 0.125. The zero-order chi connectivity index (χ0) is 10.8. The van der Waals surface area contributed by atoms with Crippen molar-refractivity contribution in [2.24, 2.45) is 0 Å². The van der Waals surface area contributed by atoms with Gasteiger partial charge in [0.1, 0.15) is 12.1 Å². The summed E-state index contributed by atoms with van der Waals surface area (Å²) in [6, 6.07) is 0. The van der Waals surface area contributed by atoms with Gasteiger partial charge in [0.05, 0.1) is 7.11 Å². The van der Waals surface area contributed by atoms with Crippen molar-refractivity contribution in [1.29, 1.82) is 0 Å². The van der Waals surface area contributed by atoms with Crippen LogP contribution in [0.1, 0.15) is 10.5 Å². The summed E-state index contributed by atoms with van der Waals surface area (Å²) >= 11 is 0. The maximum atomic E-state index is 11.2. The monoisotopic (exact) mass is 207 g/mol. The maximum absolute atomic E-state index is 11.2. The second kappa shape index (κ2) is 3.45. The van der Waals surface area contributed by atoms with Gasteiger partial charge in [0.15, 0.2) is 5.69 Å². The molecule has 0 atom stereocenters. The van der Waals surface area contributed by atoms with E-state index in [1.165, 1.54) is 18.0 Å². The second-order valence-electron chi connectivity index (χ2n) is 2.75. The number of methoxy groups -OCH3 is 1. The molecule has 2 rings (SSSR count). The second-order valence-corrected chi connectivity index (χ2v) is 2.75. The number of nitrogen functional groups attached to an aromatic ring is 1. The molecule has 2 heterocycles. The fourth-order valence-corrected chi connectivity index (χ4v) is 1.17. The van der Waals surface area contributed by atoms with Gasteiger partial charge < -0.3 is 15.5 Å². The minimum atomic E-state index is -0.571. The molecule has 0 aromatic carbocycles. The van der Waals surface area contributed by atoms with Crippen LogP contribution in [0.3, 0.4) is 0 Å². The number of hydrogen-bond acceptors (Lipinski definition) is 5. The summed E-state index contributed by atoms with van der Waals surface area (Å²) in [5.41, 5.74) is 5.79. The van der Waals surface area contributed by atoms with Gasteiger partial charge >= 0.3 is 5.97 Å². The number of hydrogen-bond donors (Lipinski definition) is 2. The number of carbonyl (C=O) groups excluding carboxylic acids is 1. The quantitative estimate of drug-likeness (QED) is 0.673. The molecule has 0 aliphatic heterocycles. The first-order valence-electron chi connectivity index (χ1n) is 4.15. The summed E-state index contributed by atoms with van der Waals surface area (Å²) in [7, 11) is 1.27. The van der Waals surface area contributed by atoms with Gasteiger partial charge in [0, 0.05) is 12.4 Å². The number of nitrogens with zero attached hydrogens (tertiary/aromatic N) is 3. The first-order valence-corrected chi connectivity index (χ1v) is 4.15. The van der Waals surface area contributed by atoms with Crippen LogP contribution in [0.5, 0.6) is 0 Å². The van der Waals surface area contributed by atoms with Crippen molar-refractivity contribution in [2.75, 3.05) is 12.8 Å². The Labute approximate surface area is 84.9 Å². The van der Waals surface area contributed by atoms with Gasteiger partial charge in [0.25, 0.3) is 0 Å². The molecule has 0 bridgehead atoms. The average molecular weight is 207 g/mol. The third-order valence-corrected chi connectivity index (χ3v) is 1.90. The smallest absolute Gasteiger partial charge is 0.360 e. The maximum Gasteiger partial charge on any atom is 0.360 e. The topological polar surface area (TPSA) is 98.8 Å². The Hall–Kier alpha value is -2.31. The lowest BCUT2D eigenvalue weighted by Crippen LogP contribution is -2.08. The third-order valence-electron chi connectivity index (χ3n) is 1.90. The van der Waals surface area contributed by atoms with Gasteiger partial charge in [-0.2, -0.15) is 0 Å². The highest BCUT2D eigenvalue weighted by Crippen LogP contribution is 2.14. The van der Waals surface area contributed by atoms with E-state index in [1.54, 1.807) is 12.4 Å². The molecule has 2 aromatic heterocycles. The van der Waals surface area contributed by atoms with Crippen LogP contribution in [0, 0.1) is 0 Å². The molecular formula is C8H9N5O2. The lowest BCUT2D eigenvalue weighted by Gasteiger charge is -2.00. The molecule has 3 N–H and O–H groups in total. The number of esters is 1. The summed E-state index contributed by atoms with van der Waals surface area (Å²) in [4.78, 5) is 21.9. The lowest BCUT2D eigenvalue weighted by atomic mass is 10.4. The van der Waals surface area contributed by atoms with E-state index in [0.717, 1.165) is 0 Å². The van der Waals surface area contributed by atoms with E-state index in [1.807, 2.05) is 0 Å². The van der Waals surface area contributed by atoms with Crippen molar-refractivity contribution < 1.29 is 9.53 Å². The number of H-pyrrole nitrogens is 1. The minimum Gasteiger partial charge on any atom is -0.464 e. The number of imidazole rings is 2. The van der Waals surface area contributed by atoms with E-state index in [4.69, 9.17) is 5.73 Å². The summed E-state index contributed by atoms with van der Waals surface area (Å²) in [5, 5.41) is 0. The number of ether oxygens (including phenoxy) is 1. The van der Waals surface area contributed by atoms with Gasteiger partial charge in [0.2, 0.25) is 5.95 Å². The predicted octanol–water partition coefficient (Wildman–Crippen LogP) is -0.0358. The van der Waals surface area contributed by atoms with Crippen LogP contribution in [-0.2, 0) is 4.74 Å². The van der Waals surface area contributed by atoms with E-state index in [0.29, 0.717) is 5.95 Å². The molecule has 0 saturated carbocycles. The first kappa shape index (κ1) is 9.25. The number of aromatic amines is 1. The van der Waals surface area contributed by atoms with Gasteiger partial charge in [-0.3, -0.25) is 4.57 Å². The van der Waals surface area contributed by atoms with E-state index < -0.39 is 5.97 Å². The summed E-state index contributed by atoms with van der Waals surface area (Å²) in [6.45, 7) is 0. The zero-order valence-corrected chi connectivity index (χ0v) is 7.97. The molecule has 78 valence electrons. The van der Waals surface area contributed by atoms with Crippen LogP contribution in [0.2, 0.25) is 0 Å². The molecule has 0 unspecified atom stereocenters. The summed E-state index contributed by atoms with van der Waals surface area (Å²) in [5.74, 6) is 0.116. The van der Waals surface area contributed by atoms with Gasteiger partial charge in [-0.05, 0) is 0 Å². The van der Waals surface area contributed by atoms with Gasteiger partial charge in [-0.1, -0.05) is 0 Å². The number of aromatic nitrogens is 4. The summed E-state index contributed by atoms with van der Waals surface area (Å²) in [6.07, 6.45) is 4.62. The Bertz CT molecular complexity index is 473. The Morgan fingerprint density at radius 3 is 3.00 bits per heavy atom. The molecule has 0 fully saturated rings. The van der Waals surface area contributed by atoms with Crippen LogP contribution in [0.25, 0.3) is 5.95 Å². The number of nitrogens with one attached hydrogen (secondary N) is 1. The Balaban J connectivity index is 2.45. The fourth-order valence-electron chi connectivity index (χ4n) is 1.17. The molecule has 0 spiro atoms. The molecule has 7 nitrogen and oxygen atoms in total. The van der Waals surface area contributed by atoms with E-state index in [-0.39, 0.29) is 11.5 Å². The van der Waals surface area contributed by atoms with Crippen molar-refractivity contribution >= 4 is 11.8 Å². The first-order chi connectivity index (χ1) is 7.24. The van der Waals surface area contributed by atoms with Crippen LogP contribution < -0.4 is 5.73 Å². The Morgan fingerprint density at radius 1 is 1.60 bits per heavy atom. The van der Waals surface area contributed by atoms with Crippen LogP contribution in [0.15, 0.2) is 18.7 Å².